The van der Waals surface area contributed by atoms with Crippen LogP contribution in [-0.2, 0) is 57.1 Å². The number of piperidine rings is 2. The zero-order chi connectivity index (χ0) is 38.7. The summed E-state index contributed by atoms with van der Waals surface area (Å²) in [5, 5.41) is 21.8. The van der Waals surface area contributed by atoms with Crippen molar-refractivity contribution in [1.29, 1.82) is 0 Å². The number of phenolic OH excluding ortho intramolecular Hbond substituents is 1. The minimum atomic E-state index is -0.954. The molecule has 13 heteroatoms. The molecule has 4 aliphatic carbocycles. The van der Waals surface area contributed by atoms with Gasteiger partial charge in [-0.25, -0.2) is 0 Å². The first kappa shape index (κ1) is 36.6. The number of esters is 3. The number of likely N-dealkylation sites (N-methyl/N-ethyl adjacent to an activating group) is 2. The second kappa shape index (κ2) is 12.3. The van der Waals surface area contributed by atoms with Crippen LogP contribution in [0.1, 0.15) is 87.1 Å². The summed E-state index contributed by atoms with van der Waals surface area (Å²) >= 11 is 0. The zero-order valence-corrected chi connectivity index (χ0v) is 31.7. The molecule has 8 aliphatic rings. The second-order valence-corrected chi connectivity index (χ2v) is 16.5. The van der Waals surface area contributed by atoms with Crippen LogP contribution in [0.2, 0.25) is 0 Å². The first-order valence-corrected chi connectivity index (χ1v) is 18.9. The molecule has 2 spiro atoms. The Labute approximate surface area is 313 Å². The molecule has 288 valence electrons. The van der Waals surface area contributed by atoms with E-state index in [0.29, 0.717) is 37.9 Å². The van der Waals surface area contributed by atoms with Crippen LogP contribution in [0.15, 0.2) is 24.3 Å². The quantitative estimate of drug-likeness (QED) is 0.323. The number of hydrogen-bond acceptors (Lipinski definition) is 13. The number of aryl methyl sites for hydroxylation is 1. The lowest BCUT2D eigenvalue weighted by molar-refractivity contribution is -0.211. The van der Waals surface area contributed by atoms with Gasteiger partial charge in [0.25, 0.3) is 0 Å². The minimum absolute atomic E-state index is 0.00319. The Kier molecular flexibility index (Phi) is 8.37. The van der Waals surface area contributed by atoms with Gasteiger partial charge in [-0.3, -0.25) is 28.9 Å². The highest BCUT2D eigenvalue weighted by Crippen LogP contribution is 2.66. The largest absolute Gasteiger partial charge is 0.504 e. The van der Waals surface area contributed by atoms with E-state index >= 15 is 0 Å². The molecule has 0 unspecified atom stereocenters. The molecule has 4 heterocycles. The summed E-state index contributed by atoms with van der Waals surface area (Å²) in [6.45, 7) is 7.59. The lowest BCUT2D eigenvalue weighted by Gasteiger charge is -2.63. The van der Waals surface area contributed by atoms with Gasteiger partial charge in [0.15, 0.2) is 35.3 Å². The lowest BCUT2D eigenvalue weighted by Crippen LogP contribution is -2.77. The SMILES string of the molecule is CC(=O)OC(C)=O.CC(=O)O[C@@]12CCC(=O)[C@@H]3Oc4c(C)ccc5c4[C@@]31CCN(C)[C@@H]2C5.CN1CC[C@]23c4c5ccc(O)c4O[C@H]2C(=O)CC[C@@]3(O)[C@H]1C5. The molecule has 0 radical (unpaired) electrons. The topological polar surface area (TPSA) is 169 Å². The number of hydrogen-bond donors (Lipinski definition) is 2. The van der Waals surface area contributed by atoms with E-state index in [-0.39, 0.29) is 35.4 Å². The second-order valence-electron chi connectivity index (χ2n) is 16.5. The van der Waals surface area contributed by atoms with Crippen molar-refractivity contribution in [2.45, 2.75) is 125 Å². The molecule has 13 nitrogen and oxygen atoms in total. The number of ether oxygens (including phenoxy) is 4. The average Bonchev–Trinajstić information content (AvgIpc) is 3.65. The zero-order valence-electron chi connectivity index (χ0n) is 31.7. The maximum absolute atomic E-state index is 12.9. The number of ketones is 2. The number of Topliss-reactive ketones (excluding diaryl/α,β-unsaturated/α-hetero) is 2. The lowest BCUT2D eigenvalue weighted by atomic mass is 9.49. The van der Waals surface area contributed by atoms with E-state index in [1.165, 1.54) is 26.3 Å². The van der Waals surface area contributed by atoms with Crippen molar-refractivity contribution in [2.24, 2.45) is 0 Å². The van der Waals surface area contributed by atoms with Crippen molar-refractivity contribution in [3.63, 3.8) is 0 Å². The van der Waals surface area contributed by atoms with E-state index in [1.807, 2.05) is 20.0 Å². The van der Waals surface area contributed by atoms with Crippen LogP contribution in [0.4, 0.5) is 0 Å². The molecule has 2 aromatic carbocycles. The summed E-state index contributed by atoms with van der Waals surface area (Å²) in [6.07, 6.45) is 3.70. The molecule has 2 aromatic rings. The van der Waals surface area contributed by atoms with Crippen LogP contribution in [0, 0.1) is 6.92 Å². The van der Waals surface area contributed by atoms with Gasteiger partial charge in [-0.1, -0.05) is 18.2 Å². The summed E-state index contributed by atoms with van der Waals surface area (Å²) in [5.74, 6) is 0.176. The van der Waals surface area contributed by atoms with Crippen molar-refractivity contribution in [3.05, 3.63) is 52.1 Å². The summed E-state index contributed by atoms with van der Waals surface area (Å²) < 4.78 is 22.4. The monoisotopic (exact) mass is 744 g/mol. The molecular formula is C41H48N2O11. The highest BCUT2D eigenvalue weighted by atomic mass is 16.6. The van der Waals surface area contributed by atoms with E-state index in [2.05, 4.69) is 33.7 Å². The molecule has 2 saturated carbocycles. The van der Waals surface area contributed by atoms with Gasteiger partial charge in [-0.05, 0) is 95.4 Å². The van der Waals surface area contributed by atoms with Crippen LogP contribution >= 0.6 is 0 Å². The number of carbonyl (C=O) groups is 5. The van der Waals surface area contributed by atoms with Gasteiger partial charge in [0, 0.05) is 50.8 Å². The number of nitrogens with zero attached hydrogens (tertiary/aromatic N) is 2. The number of carbonyl (C=O) groups excluding carboxylic acids is 5. The molecule has 2 N–H and O–H groups in total. The van der Waals surface area contributed by atoms with Crippen molar-refractivity contribution >= 4 is 29.5 Å². The van der Waals surface area contributed by atoms with Gasteiger partial charge in [0.2, 0.25) is 0 Å². The molecular weight excluding hydrogens is 696 g/mol. The third-order valence-electron chi connectivity index (χ3n) is 13.8. The highest BCUT2D eigenvalue weighted by molar-refractivity contribution is 5.91. The predicted molar refractivity (Wildman–Crippen MR) is 191 cm³/mol. The van der Waals surface area contributed by atoms with E-state index in [4.69, 9.17) is 14.2 Å². The molecule has 8 atom stereocenters. The highest BCUT2D eigenvalue weighted by Gasteiger charge is 2.75. The standard InChI is InChI=1S/C20H23NO4.C17H19NO4.C4H6O3/c1-11-4-5-13-10-15-20(25-12(2)22)7-6-14(23)18-19(20,8-9-21(15)3)16(13)17(11)24-18;1-18-7-6-16-13-9-2-3-10(19)14(13)22-15(16)11(20)4-5-17(16,21)12(18)8-9;1-3(5)7-4(2)6/h4-5,15,18H,6-10H2,1-3H3;2-3,12,15,19,21H,4-8H2,1H3;1-2H3/t15-,18+,19+,20-;12-,15+,16+,17-;/m11./s1. The number of rotatable bonds is 1. The summed E-state index contributed by atoms with van der Waals surface area (Å²) in [7, 11) is 4.15. The Morgan fingerprint density at radius 2 is 1.28 bits per heavy atom. The molecule has 10 rings (SSSR count). The van der Waals surface area contributed by atoms with E-state index in [9.17, 15) is 34.2 Å². The van der Waals surface area contributed by atoms with Gasteiger partial charge < -0.3 is 34.1 Å². The van der Waals surface area contributed by atoms with Crippen LogP contribution in [0.25, 0.3) is 0 Å². The number of phenols is 1. The van der Waals surface area contributed by atoms with E-state index in [1.54, 1.807) is 6.07 Å². The third kappa shape index (κ3) is 4.70. The fourth-order valence-electron chi connectivity index (χ4n) is 11.9. The van der Waals surface area contributed by atoms with Gasteiger partial charge in [-0.15, -0.1) is 0 Å². The first-order chi connectivity index (χ1) is 25.5. The Morgan fingerprint density at radius 1 is 0.741 bits per heavy atom. The smallest absolute Gasteiger partial charge is 0.310 e. The van der Waals surface area contributed by atoms with Crippen LogP contribution < -0.4 is 9.47 Å². The fraction of sp³-hybridized carbons (Fsp3) is 0.585. The number of aliphatic hydroxyl groups is 1. The average molecular weight is 745 g/mol. The third-order valence-corrected chi connectivity index (χ3v) is 13.8. The Bertz CT molecular complexity index is 2000. The van der Waals surface area contributed by atoms with Crippen LogP contribution in [0.5, 0.6) is 17.2 Å². The van der Waals surface area contributed by atoms with Crippen LogP contribution in [-0.4, -0.2) is 112 Å². The van der Waals surface area contributed by atoms with Crippen molar-refractivity contribution in [3.8, 4) is 17.2 Å². The molecule has 2 saturated heterocycles. The molecule has 0 amide bonds. The first-order valence-electron chi connectivity index (χ1n) is 18.9. The van der Waals surface area contributed by atoms with Crippen molar-refractivity contribution < 1.29 is 53.1 Å². The van der Waals surface area contributed by atoms with Crippen molar-refractivity contribution in [1.82, 2.24) is 9.80 Å². The van der Waals surface area contributed by atoms with Crippen molar-refractivity contribution in [2.75, 3.05) is 27.2 Å². The Morgan fingerprint density at radius 3 is 1.91 bits per heavy atom. The predicted octanol–water partition coefficient (Wildman–Crippen LogP) is 2.76. The molecule has 4 aliphatic heterocycles. The summed E-state index contributed by atoms with van der Waals surface area (Å²) in [6, 6.07) is 7.92. The van der Waals surface area contributed by atoms with Gasteiger partial charge in [0.05, 0.1) is 22.5 Å². The number of aromatic hydroxyl groups is 1. The maximum atomic E-state index is 12.9. The molecule has 0 aromatic heterocycles. The molecule has 4 bridgehead atoms. The van der Waals surface area contributed by atoms with Gasteiger partial charge in [-0.2, -0.15) is 0 Å². The minimum Gasteiger partial charge on any atom is -0.504 e. The normalized spacial score (nSPS) is 35.8. The van der Waals surface area contributed by atoms with Crippen LogP contribution in [0.3, 0.4) is 0 Å². The van der Waals surface area contributed by atoms with E-state index in [0.717, 1.165) is 60.4 Å². The number of likely N-dealkylation sites (tertiary alicyclic amines) is 2. The number of benzene rings is 2. The molecule has 54 heavy (non-hydrogen) atoms. The van der Waals surface area contributed by atoms with Gasteiger partial charge >= 0.3 is 17.9 Å². The molecule has 4 fully saturated rings. The summed E-state index contributed by atoms with van der Waals surface area (Å²) in [4.78, 5) is 61.6. The Hall–Kier alpha value is -4.33. The Balaban J connectivity index is 0.000000131. The van der Waals surface area contributed by atoms with Gasteiger partial charge in [0.1, 0.15) is 11.4 Å². The maximum Gasteiger partial charge on any atom is 0.310 e. The fourth-order valence-corrected chi connectivity index (χ4v) is 11.9. The summed E-state index contributed by atoms with van der Waals surface area (Å²) in [5.41, 5.74) is 2.63. The van der Waals surface area contributed by atoms with E-state index < -0.39 is 46.2 Å².